The molecule has 0 saturated heterocycles. The van der Waals surface area contributed by atoms with Crippen LogP contribution in [0.25, 0.3) is 0 Å². The van der Waals surface area contributed by atoms with Gasteiger partial charge in [-0.05, 0) is 43.5 Å². The topological polar surface area (TPSA) is 12.0 Å². The number of hydrogen-bond donors (Lipinski definition) is 1. The molecule has 0 radical (unpaired) electrons. The molecule has 0 saturated carbocycles. The molecular formula is C15H23Cl2N. The first-order valence-corrected chi connectivity index (χ1v) is 7.60. The van der Waals surface area contributed by atoms with Crippen LogP contribution in [0.5, 0.6) is 0 Å². The standard InChI is InChI=1S/C15H23Cl2N/c1-3-5-7-12(18-10-4-2)11-13-14(16)8-6-9-15(13)17/h6,8-9,12,18H,3-5,7,10-11H2,1-2H3. The van der Waals surface area contributed by atoms with Crippen molar-refractivity contribution < 1.29 is 0 Å². The van der Waals surface area contributed by atoms with Gasteiger partial charge in [0.2, 0.25) is 0 Å². The number of unbranched alkanes of at least 4 members (excludes halogenated alkanes) is 1. The lowest BCUT2D eigenvalue weighted by molar-refractivity contribution is 0.462. The van der Waals surface area contributed by atoms with E-state index in [1.807, 2.05) is 18.2 Å². The minimum atomic E-state index is 0.474. The summed E-state index contributed by atoms with van der Waals surface area (Å²) in [4.78, 5) is 0. The molecule has 1 nitrogen and oxygen atoms in total. The Kier molecular flexibility index (Phi) is 7.73. The molecule has 1 rings (SSSR count). The lowest BCUT2D eigenvalue weighted by Gasteiger charge is -2.19. The zero-order chi connectivity index (χ0) is 13.4. The molecule has 102 valence electrons. The third kappa shape index (κ3) is 5.17. The van der Waals surface area contributed by atoms with Crippen molar-refractivity contribution in [2.45, 2.75) is 52.0 Å². The van der Waals surface area contributed by atoms with Gasteiger partial charge in [0.25, 0.3) is 0 Å². The molecule has 0 spiro atoms. The van der Waals surface area contributed by atoms with E-state index in [0.717, 1.165) is 35.0 Å². The summed E-state index contributed by atoms with van der Waals surface area (Å²) in [6.45, 7) is 5.46. The Morgan fingerprint density at radius 3 is 2.33 bits per heavy atom. The van der Waals surface area contributed by atoms with Gasteiger partial charge in [0, 0.05) is 16.1 Å². The van der Waals surface area contributed by atoms with Crippen molar-refractivity contribution in [2.24, 2.45) is 0 Å². The Balaban J connectivity index is 2.68. The minimum Gasteiger partial charge on any atom is -0.314 e. The van der Waals surface area contributed by atoms with Gasteiger partial charge in [-0.3, -0.25) is 0 Å². The zero-order valence-corrected chi connectivity index (χ0v) is 12.8. The molecule has 1 unspecified atom stereocenters. The largest absolute Gasteiger partial charge is 0.314 e. The Labute approximate surface area is 121 Å². The van der Waals surface area contributed by atoms with Gasteiger partial charge in [-0.2, -0.15) is 0 Å². The quantitative estimate of drug-likeness (QED) is 0.702. The van der Waals surface area contributed by atoms with E-state index in [4.69, 9.17) is 23.2 Å². The van der Waals surface area contributed by atoms with Crippen LogP contribution in [0, 0.1) is 0 Å². The molecular weight excluding hydrogens is 265 g/mol. The summed E-state index contributed by atoms with van der Waals surface area (Å²) in [6.07, 6.45) is 5.71. The molecule has 0 aliphatic heterocycles. The molecule has 0 aromatic heterocycles. The average molecular weight is 288 g/mol. The molecule has 0 bridgehead atoms. The van der Waals surface area contributed by atoms with Gasteiger partial charge in [0.05, 0.1) is 0 Å². The molecule has 0 fully saturated rings. The molecule has 0 aliphatic rings. The highest BCUT2D eigenvalue weighted by Gasteiger charge is 2.13. The number of rotatable bonds is 8. The summed E-state index contributed by atoms with van der Waals surface area (Å²) in [5.41, 5.74) is 1.07. The Hall–Kier alpha value is -0.240. The van der Waals surface area contributed by atoms with Gasteiger partial charge in [-0.1, -0.05) is 56.0 Å². The van der Waals surface area contributed by atoms with Crippen molar-refractivity contribution in [3.05, 3.63) is 33.8 Å². The van der Waals surface area contributed by atoms with Gasteiger partial charge in [0.1, 0.15) is 0 Å². The van der Waals surface area contributed by atoms with E-state index >= 15 is 0 Å². The summed E-state index contributed by atoms with van der Waals surface area (Å²) in [5.74, 6) is 0. The predicted molar refractivity (Wildman–Crippen MR) is 81.8 cm³/mol. The SMILES string of the molecule is CCCCC(Cc1c(Cl)cccc1Cl)NCCC. The molecule has 3 heteroatoms. The second-order valence-electron chi connectivity index (χ2n) is 4.70. The predicted octanol–water partition coefficient (Wildman–Crippen LogP) is 5.09. The van der Waals surface area contributed by atoms with Crippen molar-refractivity contribution in [1.29, 1.82) is 0 Å². The van der Waals surface area contributed by atoms with E-state index in [1.54, 1.807) is 0 Å². The molecule has 1 aromatic rings. The number of hydrogen-bond acceptors (Lipinski definition) is 1. The lowest BCUT2D eigenvalue weighted by atomic mass is 10.0. The van der Waals surface area contributed by atoms with Crippen LogP contribution in [0.4, 0.5) is 0 Å². The summed E-state index contributed by atoms with van der Waals surface area (Å²) in [6, 6.07) is 6.20. The fourth-order valence-electron chi connectivity index (χ4n) is 2.05. The maximum absolute atomic E-state index is 6.23. The number of halogens is 2. The summed E-state index contributed by atoms with van der Waals surface area (Å²) >= 11 is 12.5. The monoisotopic (exact) mass is 287 g/mol. The van der Waals surface area contributed by atoms with Gasteiger partial charge in [0.15, 0.2) is 0 Å². The van der Waals surface area contributed by atoms with Gasteiger partial charge in [-0.15, -0.1) is 0 Å². The van der Waals surface area contributed by atoms with Crippen LogP contribution < -0.4 is 5.32 Å². The highest BCUT2D eigenvalue weighted by Crippen LogP contribution is 2.26. The van der Waals surface area contributed by atoms with E-state index < -0.39 is 0 Å². The summed E-state index contributed by atoms with van der Waals surface area (Å²) < 4.78 is 0. The van der Waals surface area contributed by atoms with Crippen LogP contribution in [0.2, 0.25) is 10.0 Å². The van der Waals surface area contributed by atoms with Crippen molar-refractivity contribution in [2.75, 3.05) is 6.54 Å². The first-order chi connectivity index (χ1) is 8.69. The molecule has 1 N–H and O–H groups in total. The van der Waals surface area contributed by atoms with E-state index in [0.29, 0.717) is 6.04 Å². The minimum absolute atomic E-state index is 0.474. The van der Waals surface area contributed by atoms with Gasteiger partial charge >= 0.3 is 0 Å². The molecule has 0 amide bonds. The molecule has 0 aliphatic carbocycles. The average Bonchev–Trinajstić information content (AvgIpc) is 2.36. The third-order valence-electron chi connectivity index (χ3n) is 3.10. The van der Waals surface area contributed by atoms with E-state index in [1.165, 1.54) is 19.3 Å². The fourth-order valence-corrected chi connectivity index (χ4v) is 2.60. The maximum atomic E-state index is 6.23. The fraction of sp³-hybridized carbons (Fsp3) is 0.600. The van der Waals surface area contributed by atoms with Gasteiger partial charge in [-0.25, -0.2) is 0 Å². The summed E-state index contributed by atoms with van der Waals surface area (Å²) in [5, 5.41) is 5.15. The van der Waals surface area contributed by atoms with E-state index in [2.05, 4.69) is 19.2 Å². The van der Waals surface area contributed by atoms with Crippen molar-refractivity contribution in [3.8, 4) is 0 Å². The zero-order valence-electron chi connectivity index (χ0n) is 11.3. The lowest BCUT2D eigenvalue weighted by Crippen LogP contribution is -2.32. The number of benzene rings is 1. The van der Waals surface area contributed by atoms with Crippen molar-refractivity contribution in [3.63, 3.8) is 0 Å². The normalized spacial score (nSPS) is 12.7. The Morgan fingerprint density at radius 2 is 1.78 bits per heavy atom. The Bertz CT molecular complexity index is 324. The first kappa shape index (κ1) is 15.8. The summed E-state index contributed by atoms with van der Waals surface area (Å²) in [7, 11) is 0. The van der Waals surface area contributed by atoms with Crippen LogP contribution >= 0.6 is 23.2 Å². The molecule has 1 aromatic carbocycles. The first-order valence-electron chi connectivity index (χ1n) is 6.85. The second-order valence-corrected chi connectivity index (χ2v) is 5.51. The van der Waals surface area contributed by atoms with Crippen molar-refractivity contribution in [1.82, 2.24) is 5.32 Å². The van der Waals surface area contributed by atoms with Crippen LogP contribution in [0.3, 0.4) is 0 Å². The highest BCUT2D eigenvalue weighted by atomic mass is 35.5. The maximum Gasteiger partial charge on any atom is 0.0453 e. The van der Waals surface area contributed by atoms with Crippen LogP contribution in [0.15, 0.2) is 18.2 Å². The highest BCUT2D eigenvalue weighted by molar-refractivity contribution is 6.35. The van der Waals surface area contributed by atoms with Crippen LogP contribution in [-0.4, -0.2) is 12.6 Å². The van der Waals surface area contributed by atoms with Crippen molar-refractivity contribution >= 4 is 23.2 Å². The van der Waals surface area contributed by atoms with Gasteiger partial charge < -0.3 is 5.32 Å². The second kappa shape index (κ2) is 8.79. The van der Waals surface area contributed by atoms with Crippen LogP contribution in [0.1, 0.15) is 45.1 Å². The molecule has 18 heavy (non-hydrogen) atoms. The molecule has 1 atom stereocenters. The Morgan fingerprint density at radius 1 is 1.11 bits per heavy atom. The van der Waals surface area contributed by atoms with E-state index in [-0.39, 0.29) is 0 Å². The number of nitrogens with one attached hydrogen (secondary N) is 1. The molecule has 0 heterocycles. The third-order valence-corrected chi connectivity index (χ3v) is 3.81. The van der Waals surface area contributed by atoms with Crippen LogP contribution in [-0.2, 0) is 6.42 Å². The van der Waals surface area contributed by atoms with E-state index in [9.17, 15) is 0 Å². The smallest absolute Gasteiger partial charge is 0.0453 e.